The van der Waals surface area contributed by atoms with E-state index in [1.807, 2.05) is 4.90 Å². The molecule has 17 heavy (non-hydrogen) atoms. The van der Waals surface area contributed by atoms with Crippen molar-refractivity contribution in [2.75, 3.05) is 26.2 Å². The number of nitrogens with one attached hydrogen (secondary N) is 1. The van der Waals surface area contributed by atoms with Gasteiger partial charge in [-0.1, -0.05) is 13.8 Å². The largest absolute Gasteiger partial charge is 0.341 e. The third-order valence-corrected chi connectivity index (χ3v) is 3.08. The van der Waals surface area contributed by atoms with E-state index in [4.69, 9.17) is 5.26 Å². The van der Waals surface area contributed by atoms with Crippen LogP contribution in [0.15, 0.2) is 0 Å². The number of nitrogens with zero attached hydrogens (tertiary/aromatic N) is 2. The summed E-state index contributed by atoms with van der Waals surface area (Å²) >= 11 is 0. The van der Waals surface area contributed by atoms with E-state index in [1.54, 1.807) is 0 Å². The Kier molecular flexibility index (Phi) is 5.99. The quantitative estimate of drug-likeness (QED) is 0.786. The van der Waals surface area contributed by atoms with Crippen LogP contribution in [0.25, 0.3) is 0 Å². The topological polar surface area (TPSA) is 56.1 Å². The molecule has 0 spiro atoms. The predicted octanol–water partition coefficient (Wildman–Crippen LogP) is 1.38. The van der Waals surface area contributed by atoms with Gasteiger partial charge in [-0.15, -0.1) is 0 Å². The second kappa shape index (κ2) is 7.29. The van der Waals surface area contributed by atoms with Gasteiger partial charge in [-0.2, -0.15) is 5.26 Å². The van der Waals surface area contributed by atoms with Crippen LogP contribution in [0.1, 0.15) is 33.1 Å². The molecule has 4 nitrogen and oxygen atoms in total. The lowest BCUT2D eigenvalue weighted by atomic mass is 9.96. The maximum Gasteiger partial charge on any atom is 0.225 e. The van der Waals surface area contributed by atoms with Gasteiger partial charge in [0.05, 0.1) is 12.5 Å². The highest BCUT2D eigenvalue weighted by atomic mass is 16.2. The minimum Gasteiger partial charge on any atom is -0.341 e. The van der Waals surface area contributed by atoms with E-state index < -0.39 is 0 Å². The van der Waals surface area contributed by atoms with E-state index in [2.05, 4.69) is 25.2 Å². The fourth-order valence-corrected chi connectivity index (χ4v) is 2.24. The second-order valence-electron chi connectivity index (χ2n) is 5.11. The molecule has 1 amide bonds. The van der Waals surface area contributed by atoms with Gasteiger partial charge in [0.2, 0.25) is 5.91 Å². The van der Waals surface area contributed by atoms with E-state index in [0.717, 1.165) is 32.5 Å². The number of nitriles is 1. The summed E-state index contributed by atoms with van der Waals surface area (Å²) in [6.07, 6.45) is 2.30. The fraction of sp³-hybridized carbons (Fsp3) is 0.846. The first-order valence-corrected chi connectivity index (χ1v) is 6.51. The number of rotatable bonds is 5. The molecule has 1 fully saturated rings. The Balaban J connectivity index is 2.54. The van der Waals surface area contributed by atoms with Crippen LogP contribution in [0.3, 0.4) is 0 Å². The van der Waals surface area contributed by atoms with Crippen molar-refractivity contribution >= 4 is 5.91 Å². The minimum atomic E-state index is 0.161. The third kappa shape index (κ3) is 4.74. The van der Waals surface area contributed by atoms with Crippen LogP contribution < -0.4 is 5.32 Å². The van der Waals surface area contributed by atoms with Crippen LogP contribution in [0, 0.1) is 23.2 Å². The van der Waals surface area contributed by atoms with Gasteiger partial charge in [0.25, 0.3) is 0 Å². The summed E-state index contributed by atoms with van der Waals surface area (Å²) in [4.78, 5) is 14.2. The normalized spacial score (nSPS) is 16.8. The summed E-state index contributed by atoms with van der Waals surface area (Å²) in [7, 11) is 0. The van der Waals surface area contributed by atoms with Crippen molar-refractivity contribution in [1.82, 2.24) is 10.2 Å². The van der Waals surface area contributed by atoms with Gasteiger partial charge in [-0.3, -0.25) is 4.79 Å². The Morgan fingerprint density at radius 1 is 1.47 bits per heavy atom. The van der Waals surface area contributed by atoms with Crippen LogP contribution in [0.4, 0.5) is 0 Å². The summed E-state index contributed by atoms with van der Waals surface area (Å²) in [5.41, 5.74) is 0. The van der Waals surface area contributed by atoms with E-state index in [9.17, 15) is 4.79 Å². The molecule has 0 aliphatic carbocycles. The maximum absolute atomic E-state index is 12.3. The maximum atomic E-state index is 12.3. The third-order valence-electron chi connectivity index (χ3n) is 3.08. The molecular formula is C13H23N3O. The van der Waals surface area contributed by atoms with E-state index in [1.165, 1.54) is 0 Å². The molecule has 0 aromatic carbocycles. The first-order chi connectivity index (χ1) is 8.15. The Hall–Kier alpha value is -1.08. The second-order valence-corrected chi connectivity index (χ2v) is 5.11. The highest BCUT2D eigenvalue weighted by molar-refractivity contribution is 5.79. The number of piperidine rings is 1. The molecule has 4 heteroatoms. The van der Waals surface area contributed by atoms with Crippen molar-refractivity contribution in [2.45, 2.75) is 33.1 Å². The van der Waals surface area contributed by atoms with Crippen molar-refractivity contribution in [1.29, 1.82) is 5.26 Å². The summed E-state index contributed by atoms with van der Waals surface area (Å²) in [6.45, 7) is 7.43. The Morgan fingerprint density at radius 2 is 2.12 bits per heavy atom. The smallest absolute Gasteiger partial charge is 0.225 e. The van der Waals surface area contributed by atoms with Gasteiger partial charge in [-0.05, 0) is 31.8 Å². The molecule has 0 atom stereocenters. The predicted molar refractivity (Wildman–Crippen MR) is 67.2 cm³/mol. The summed E-state index contributed by atoms with van der Waals surface area (Å²) in [6, 6.07) is 2.12. The van der Waals surface area contributed by atoms with Crippen molar-refractivity contribution in [3.05, 3.63) is 0 Å². The zero-order chi connectivity index (χ0) is 12.7. The Morgan fingerprint density at radius 3 is 2.65 bits per heavy atom. The standard InChI is InChI=1S/C13H23N3O/c1-11(2)10-16(9-3-6-14)13(17)12-4-7-15-8-5-12/h11-12,15H,3-5,7-10H2,1-2H3. The Labute approximate surface area is 104 Å². The average molecular weight is 237 g/mol. The Bertz CT molecular complexity index is 277. The lowest BCUT2D eigenvalue weighted by Crippen LogP contribution is -2.42. The molecule has 0 saturated carbocycles. The lowest BCUT2D eigenvalue weighted by molar-refractivity contribution is -0.136. The molecule has 1 heterocycles. The summed E-state index contributed by atoms with van der Waals surface area (Å²) in [5.74, 6) is 0.864. The van der Waals surface area contributed by atoms with Gasteiger partial charge in [0.15, 0.2) is 0 Å². The molecule has 0 aromatic heterocycles. The number of carbonyl (C=O) groups excluding carboxylic acids is 1. The monoisotopic (exact) mass is 237 g/mol. The zero-order valence-corrected chi connectivity index (χ0v) is 10.9. The van der Waals surface area contributed by atoms with Crippen LogP contribution in [0.5, 0.6) is 0 Å². The molecule has 96 valence electrons. The molecule has 0 radical (unpaired) electrons. The van der Waals surface area contributed by atoms with Crippen LogP contribution in [0.2, 0.25) is 0 Å². The van der Waals surface area contributed by atoms with Gasteiger partial charge in [0.1, 0.15) is 0 Å². The summed E-state index contributed by atoms with van der Waals surface area (Å²) < 4.78 is 0. The minimum absolute atomic E-state index is 0.161. The SMILES string of the molecule is CC(C)CN(CCC#N)C(=O)C1CCNCC1. The van der Waals surface area contributed by atoms with E-state index >= 15 is 0 Å². The molecule has 1 aliphatic rings. The van der Waals surface area contributed by atoms with Gasteiger partial charge < -0.3 is 10.2 Å². The van der Waals surface area contributed by atoms with Crippen molar-refractivity contribution in [3.63, 3.8) is 0 Å². The summed E-state index contributed by atoms with van der Waals surface area (Å²) in [5, 5.41) is 11.9. The molecule has 0 bridgehead atoms. The molecule has 0 unspecified atom stereocenters. The molecule has 0 aromatic rings. The van der Waals surface area contributed by atoms with E-state index in [-0.39, 0.29) is 11.8 Å². The number of carbonyl (C=O) groups is 1. The van der Waals surface area contributed by atoms with Crippen molar-refractivity contribution in [2.24, 2.45) is 11.8 Å². The van der Waals surface area contributed by atoms with Gasteiger partial charge >= 0.3 is 0 Å². The molecular weight excluding hydrogens is 214 g/mol. The molecule has 1 rings (SSSR count). The van der Waals surface area contributed by atoms with Gasteiger partial charge in [0, 0.05) is 19.0 Å². The number of hydrogen-bond acceptors (Lipinski definition) is 3. The van der Waals surface area contributed by atoms with Crippen molar-refractivity contribution < 1.29 is 4.79 Å². The average Bonchev–Trinajstić information content (AvgIpc) is 2.34. The van der Waals surface area contributed by atoms with Crippen LogP contribution in [-0.4, -0.2) is 37.0 Å². The molecule has 1 N–H and O–H groups in total. The number of amides is 1. The lowest BCUT2D eigenvalue weighted by Gasteiger charge is -2.30. The van der Waals surface area contributed by atoms with Crippen LogP contribution >= 0.6 is 0 Å². The van der Waals surface area contributed by atoms with Crippen LogP contribution in [-0.2, 0) is 4.79 Å². The fourth-order valence-electron chi connectivity index (χ4n) is 2.24. The number of hydrogen-bond donors (Lipinski definition) is 1. The highest BCUT2D eigenvalue weighted by Gasteiger charge is 2.25. The highest BCUT2D eigenvalue weighted by Crippen LogP contribution is 2.16. The van der Waals surface area contributed by atoms with Crippen molar-refractivity contribution in [3.8, 4) is 6.07 Å². The van der Waals surface area contributed by atoms with Gasteiger partial charge in [-0.25, -0.2) is 0 Å². The zero-order valence-electron chi connectivity index (χ0n) is 10.9. The molecule has 1 saturated heterocycles. The molecule has 1 aliphatic heterocycles. The van der Waals surface area contributed by atoms with E-state index in [0.29, 0.717) is 18.9 Å². The first kappa shape index (κ1) is 14.0. The first-order valence-electron chi connectivity index (χ1n) is 6.51.